The van der Waals surface area contributed by atoms with Crippen LogP contribution in [0.2, 0.25) is 0 Å². The van der Waals surface area contributed by atoms with Crippen molar-refractivity contribution in [2.75, 3.05) is 13.1 Å². The number of hydrogen-bond acceptors (Lipinski definition) is 1. The molecule has 0 heterocycles. The summed E-state index contributed by atoms with van der Waals surface area (Å²) in [6, 6.07) is 0. The fraction of sp³-hybridized carbons (Fsp3) is 0.833. The molecule has 0 saturated heterocycles. The summed E-state index contributed by atoms with van der Waals surface area (Å²) < 4.78 is 0. The van der Waals surface area contributed by atoms with Crippen molar-refractivity contribution in [3.05, 3.63) is 10.6 Å². The van der Waals surface area contributed by atoms with Crippen LogP contribution in [0.4, 0.5) is 0 Å². The maximum Gasteiger partial charge on any atom is 0.0431 e. The normalized spacial score (nSPS) is 28.1. The van der Waals surface area contributed by atoms with Gasteiger partial charge >= 0.3 is 0 Å². The first-order valence-corrected chi connectivity index (χ1v) is 6.73. The molecular formula is C12H21Cl2N. The summed E-state index contributed by atoms with van der Waals surface area (Å²) in [5, 5.41) is 4.05. The maximum absolute atomic E-state index is 5.80. The van der Waals surface area contributed by atoms with E-state index >= 15 is 0 Å². The smallest absolute Gasteiger partial charge is 0.0431 e. The van der Waals surface area contributed by atoms with E-state index in [0.717, 1.165) is 18.4 Å². The first-order valence-electron chi connectivity index (χ1n) is 5.91. The van der Waals surface area contributed by atoms with Crippen molar-refractivity contribution in [1.29, 1.82) is 0 Å². The van der Waals surface area contributed by atoms with Gasteiger partial charge in [0, 0.05) is 17.1 Å². The van der Waals surface area contributed by atoms with Gasteiger partial charge in [-0.3, -0.25) is 0 Å². The van der Waals surface area contributed by atoms with Crippen molar-refractivity contribution < 1.29 is 0 Å². The van der Waals surface area contributed by atoms with E-state index in [-0.39, 0.29) is 0 Å². The lowest BCUT2D eigenvalue weighted by atomic mass is 9.81. The highest BCUT2D eigenvalue weighted by Gasteiger charge is 2.19. The minimum absolute atomic E-state index is 0.693. The second kappa shape index (κ2) is 7.54. The first kappa shape index (κ1) is 13.3. The van der Waals surface area contributed by atoms with E-state index in [0.29, 0.717) is 11.6 Å². The van der Waals surface area contributed by atoms with Gasteiger partial charge in [-0.2, -0.15) is 0 Å². The zero-order chi connectivity index (χ0) is 11.1. The second-order valence-corrected chi connectivity index (χ2v) is 5.19. The maximum atomic E-state index is 5.80. The van der Waals surface area contributed by atoms with E-state index in [4.69, 9.17) is 23.2 Å². The molecule has 0 aromatic carbocycles. The van der Waals surface area contributed by atoms with Crippen LogP contribution in [0.15, 0.2) is 10.6 Å². The van der Waals surface area contributed by atoms with Crippen molar-refractivity contribution in [1.82, 2.24) is 5.32 Å². The van der Waals surface area contributed by atoms with Gasteiger partial charge in [-0.25, -0.2) is 0 Å². The van der Waals surface area contributed by atoms with E-state index in [1.807, 2.05) is 0 Å². The van der Waals surface area contributed by atoms with Gasteiger partial charge in [0.05, 0.1) is 0 Å². The largest absolute Gasteiger partial charge is 0.311 e. The Morgan fingerprint density at radius 2 is 1.87 bits per heavy atom. The minimum atomic E-state index is 0.693. The zero-order valence-electron chi connectivity index (χ0n) is 9.44. The molecule has 0 spiro atoms. The third-order valence-corrected chi connectivity index (χ3v) is 4.01. The summed E-state index contributed by atoms with van der Waals surface area (Å²) in [7, 11) is 0. The molecule has 0 radical (unpaired) electrons. The van der Waals surface area contributed by atoms with Crippen LogP contribution in [0.1, 0.15) is 39.0 Å². The van der Waals surface area contributed by atoms with Crippen LogP contribution in [0.5, 0.6) is 0 Å². The molecule has 1 rings (SSSR count). The predicted octanol–water partition coefficient (Wildman–Crippen LogP) is 4.11. The highest BCUT2D eigenvalue weighted by atomic mass is 35.5. The summed E-state index contributed by atoms with van der Waals surface area (Å²) in [5.41, 5.74) is 1.43. The molecule has 1 N–H and O–H groups in total. The van der Waals surface area contributed by atoms with Crippen molar-refractivity contribution in [2.24, 2.45) is 11.8 Å². The highest BCUT2D eigenvalue weighted by molar-refractivity contribution is 6.36. The lowest BCUT2D eigenvalue weighted by molar-refractivity contribution is 0.264. The van der Waals surface area contributed by atoms with Crippen molar-refractivity contribution in [3.63, 3.8) is 0 Å². The fourth-order valence-electron chi connectivity index (χ4n) is 2.28. The lowest BCUT2D eigenvalue weighted by Gasteiger charge is -2.27. The molecule has 1 aliphatic rings. The second-order valence-electron chi connectivity index (χ2n) is 4.48. The van der Waals surface area contributed by atoms with Crippen LogP contribution < -0.4 is 5.32 Å². The third-order valence-electron chi connectivity index (χ3n) is 3.39. The van der Waals surface area contributed by atoms with Crippen LogP contribution >= 0.6 is 23.2 Å². The van der Waals surface area contributed by atoms with Crippen LogP contribution in [0.25, 0.3) is 0 Å². The Labute approximate surface area is 103 Å². The Bertz CT molecular complexity index is 196. The number of nitrogens with one attached hydrogen (secondary N) is 1. The molecule has 1 fully saturated rings. The SMILES string of the molecule is CCC1CCC(CNCC(Cl)=CCl)CC1. The van der Waals surface area contributed by atoms with Crippen LogP contribution in [0.3, 0.4) is 0 Å². The third kappa shape index (κ3) is 5.24. The van der Waals surface area contributed by atoms with E-state index in [2.05, 4.69) is 12.2 Å². The van der Waals surface area contributed by atoms with Gasteiger partial charge in [-0.15, -0.1) is 0 Å². The molecule has 0 unspecified atom stereocenters. The van der Waals surface area contributed by atoms with Crippen molar-refractivity contribution >= 4 is 23.2 Å². The average molecular weight is 250 g/mol. The standard InChI is InChI=1S/C12H21Cl2N/c1-2-10-3-5-11(6-4-10)8-15-9-12(14)7-13/h7,10-11,15H,2-6,8-9H2,1H3. The molecular weight excluding hydrogens is 229 g/mol. The van der Waals surface area contributed by atoms with Gasteiger partial charge in [0.15, 0.2) is 0 Å². The van der Waals surface area contributed by atoms with E-state index in [1.165, 1.54) is 37.6 Å². The minimum Gasteiger partial charge on any atom is -0.311 e. The number of halogens is 2. The summed E-state index contributed by atoms with van der Waals surface area (Å²) >= 11 is 11.3. The zero-order valence-corrected chi connectivity index (χ0v) is 10.9. The monoisotopic (exact) mass is 249 g/mol. The Morgan fingerprint density at radius 3 is 2.40 bits per heavy atom. The van der Waals surface area contributed by atoms with Gasteiger partial charge in [-0.1, -0.05) is 49.4 Å². The summed E-state index contributed by atoms with van der Waals surface area (Å²) in [6.07, 6.45) is 6.90. The molecule has 1 nitrogen and oxygen atoms in total. The molecule has 0 aromatic heterocycles. The summed E-state index contributed by atoms with van der Waals surface area (Å²) in [4.78, 5) is 0. The highest BCUT2D eigenvalue weighted by Crippen LogP contribution is 2.30. The Morgan fingerprint density at radius 1 is 1.27 bits per heavy atom. The van der Waals surface area contributed by atoms with Gasteiger partial charge in [0.2, 0.25) is 0 Å². The number of hydrogen-bond donors (Lipinski definition) is 1. The topological polar surface area (TPSA) is 12.0 Å². The molecule has 1 aliphatic carbocycles. The van der Waals surface area contributed by atoms with Crippen LogP contribution in [0, 0.1) is 11.8 Å². The summed E-state index contributed by atoms with van der Waals surface area (Å²) in [6.45, 7) is 4.09. The molecule has 0 aromatic rings. The molecule has 0 bridgehead atoms. The Kier molecular flexibility index (Phi) is 6.71. The van der Waals surface area contributed by atoms with E-state index in [1.54, 1.807) is 0 Å². The average Bonchev–Trinajstić information content (AvgIpc) is 2.29. The predicted molar refractivity (Wildman–Crippen MR) is 68.4 cm³/mol. The fourth-order valence-corrected chi connectivity index (χ4v) is 2.45. The molecule has 1 saturated carbocycles. The van der Waals surface area contributed by atoms with E-state index < -0.39 is 0 Å². The van der Waals surface area contributed by atoms with Crippen molar-refractivity contribution in [3.8, 4) is 0 Å². The van der Waals surface area contributed by atoms with Crippen LogP contribution in [-0.2, 0) is 0 Å². The molecule has 0 aliphatic heterocycles. The van der Waals surface area contributed by atoms with Gasteiger partial charge in [0.1, 0.15) is 0 Å². The van der Waals surface area contributed by atoms with Gasteiger partial charge in [-0.05, 0) is 31.2 Å². The summed E-state index contributed by atoms with van der Waals surface area (Å²) in [5.74, 6) is 1.82. The van der Waals surface area contributed by atoms with Gasteiger partial charge in [0.25, 0.3) is 0 Å². The molecule has 88 valence electrons. The van der Waals surface area contributed by atoms with Gasteiger partial charge < -0.3 is 5.32 Å². The molecule has 15 heavy (non-hydrogen) atoms. The van der Waals surface area contributed by atoms with Crippen molar-refractivity contribution in [2.45, 2.75) is 39.0 Å². The first-order chi connectivity index (χ1) is 7.26. The molecule has 0 amide bonds. The van der Waals surface area contributed by atoms with E-state index in [9.17, 15) is 0 Å². The lowest BCUT2D eigenvalue weighted by Crippen LogP contribution is -2.27. The van der Waals surface area contributed by atoms with Crippen LogP contribution in [-0.4, -0.2) is 13.1 Å². The number of rotatable bonds is 5. The Hall–Kier alpha value is 0.280. The quantitative estimate of drug-likeness (QED) is 0.774. The molecule has 3 heteroatoms. The molecule has 0 atom stereocenters. The Balaban J connectivity index is 2.08.